The number of hydrogen-bond acceptors (Lipinski definition) is 3. The molecule has 0 spiro atoms. The van der Waals surface area contributed by atoms with Crippen molar-refractivity contribution in [3.63, 3.8) is 0 Å². The zero-order valence-electron chi connectivity index (χ0n) is 20.7. The van der Waals surface area contributed by atoms with Crippen LogP contribution in [-0.2, 0) is 17.3 Å². The number of aliphatic hydroxyl groups excluding tert-OH is 1. The Kier molecular flexibility index (Phi) is 8.52. The van der Waals surface area contributed by atoms with Crippen molar-refractivity contribution >= 4 is 18.7 Å². The Hall–Kier alpha value is -2.40. The average Bonchev–Trinajstić information content (AvgIpc) is 2.82. The molecule has 0 fully saturated rings. The van der Waals surface area contributed by atoms with Crippen LogP contribution in [0.25, 0.3) is 0 Å². The number of ether oxygens (including phenoxy) is 1. The molecule has 0 aliphatic carbocycles. The third-order valence-electron chi connectivity index (χ3n) is 6.24. The third kappa shape index (κ3) is 5.57. The van der Waals surface area contributed by atoms with E-state index in [0.717, 1.165) is 24.2 Å². The summed E-state index contributed by atoms with van der Waals surface area (Å²) in [5.74, 6) is 0.896. The predicted molar refractivity (Wildman–Crippen MR) is 140 cm³/mol. The van der Waals surface area contributed by atoms with Gasteiger partial charge in [0.05, 0.1) is 6.61 Å². The molecule has 3 aromatic carbocycles. The normalized spacial score (nSPS) is 13.0. The minimum absolute atomic E-state index is 0.00392. The van der Waals surface area contributed by atoms with Crippen molar-refractivity contribution in [2.75, 3.05) is 13.2 Å². The van der Waals surface area contributed by atoms with Gasteiger partial charge in [-0.15, -0.1) is 0 Å². The van der Waals surface area contributed by atoms with E-state index >= 15 is 0 Å². The molecule has 0 bridgehead atoms. The summed E-state index contributed by atoms with van der Waals surface area (Å²) in [4.78, 5) is 0. The lowest BCUT2D eigenvalue weighted by Crippen LogP contribution is -2.66. The highest BCUT2D eigenvalue weighted by molar-refractivity contribution is 6.99. The number of benzene rings is 3. The van der Waals surface area contributed by atoms with Gasteiger partial charge in [0.1, 0.15) is 11.9 Å². The Morgan fingerprint density at radius 2 is 1.36 bits per heavy atom. The van der Waals surface area contributed by atoms with Crippen molar-refractivity contribution in [2.24, 2.45) is 0 Å². The third-order valence-corrected chi connectivity index (χ3v) is 11.3. The molecule has 176 valence electrons. The summed E-state index contributed by atoms with van der Waals surface area (Å²) < 4.78 is 13.2. The highest BCUT2D eigenvalue weighted by Gasteiger charge is 2.50. The van der Waals surface area contributed by atoms with Gasteiger partial charge in [-0.25, -0.2) is 0 Å². The van der Waals surface area contributed by atoms with Gasteiger partial charge in [-0.2, -0.15) is 0 Å². The molecule has 3 rings (SSSR count). The Bertz CT molecular complexity index is 957. The van der Waals surface area contributed by atoms with Gasteiger partial charge in [-0.3, -0.25) is 0 Å². The lowest BCUT2D eigenvalue weighted by Gasteiger charge is -2.43. The van der Waals surface area contributed by atoms with Crippen LogP contribution in [0, 0.1) is 0 Å². The van der Waals surface area contributed by atoms with Crippen LogP contribution in [0.5, 0.6) is 5.75 Å². The quantitative estimate of drug-likeness (QED) is 0.425. The Morgan fingerprint density at radius 1 is 0.818 bits per heavy atom. The van der Waals surface area contributed by atoms with E-state index in [1.165, 1.54) is 15.9 Å². The summed E-state index contributed by atoms with van der Waals surface area (Å²) in [6, 6.07) is 27.8. The van der Waals surface area contributed by atoms with Crippen LogP contribution in [0.1, 0.15) is 45.7 Å². The Labute approximate surface area is 200 Å². The first kappa shape index (κ1) is 25.2. The van der Waals surface area contributed by atoms with E-state index < -0.39 is 8.32 Å². The maximum atomic E-state index is 9.53. The topological polar surface area (TPSA) is 38.7 Å². The van der Waals surface area contributed by atoms with Crippen LogP contribution in [0.3, 0.4) is 0 Å². The molecule has 0 amide bonds. The summed E-state index contributed by atoms with van der Waals surface area (Å²) in [5.41, 5.74) is 2.30. The number of aliphatic hydroxyl groups is 1. The summed E-state index contributed by atoms with van der Waals surface area (Å²) in [7, 11) is -2.56. The first-order chi connectivity index (χ1) is 15.8. The van der Waals surface area contributed by atoms with E-state index in [-0.39, 0.29) is 17.7 Å². The molecule has 1 N–H and O–H groups in total. The zero-order chi connectivity index (χ0) is 23.9. The number of hydrogen-bond donors (Lipinski definition) is 1. The number of rotatable bonds is 10. The Balaban J connectivity index is 1.97. The van der Waals surface area contributed by atoms with Gasteiger partial charge in [0.25, 0.3) is 8.32 Å². The van der Waals surface area contributed by atoms with Gasteiger partial charge in [-0.1, -0.05) is 107 Å². The molecule has 3 aromatic rings. The summed E-state index contributed by atoms with van der Waals surface area (Å²) in [5, 5.41) is 12.1. The van der Waals surface area contributed by atoms with Crippen molar-refractivity contribution in [3.8, 4) is 5.75 Å². The fourth-order valence-electron chi connectivity index (χ4n) is 4.58. The van der Waals surface area contributed by atoms with Gasteiger partial charge in [0.2, 0.25) is 0 Å². The standard InChI is InChI=1S/C29H38O3Si/c1-6-24-14-13-15-25(28(24)32-23(2)22-30)20-21-31-33(29(3,4)5,26-16-9-7-10-17-26)27-18-11-8-12-19-27/h7-19,23,30H,6,20-22H2,1-5H3. The molecule has 0 heterocycles. The smallest absolute Gasteiger partial charge is 0.261 e. The Morgan fingerprint density at radius 3 is 1.85 bits per heavy atom. The number of para-hydroxylation sites is 1. The monoisotopic (exact) mass is 462 g/mol. The highest BCUT2D eigenvalue weighted by atomic mass is 28.4. The van der Waals surface area contributed by atoms with Crippen molar-refractivity contribution in [3.05, 3.63) is 90.0 Å². The van der Waals surface area contributed by atoms with Crippen molar-refractivity contribution in [2.45, 2.75) is 58.6 Å². The van der Waals surface area contributed by atoms with Gasteiger partial charge in [0.15, 0.2) is 0 Å². The van der Waals surface area contributed by atoms with Crippen LogP contribution < -0.4 is 15.1 Å². The van der Waals surface area contributed by atoms with E-state index in [0.29, 0.717) is 6.61 Å². The van der Waals surface area contributed by atoms with Gasteiger partial charge in [0, 0.05) is 6.61 Å². The average molecular weight is 463 g/mol. The minimum Gasteiger partial charge on any atom is -0.488 e. The molecule has 1 atom stereocenters. The second-order valence-electron chi connectivity index (χ2n) is 9.63. The molecular weight excluding hydrogens is 424 g/mol. The van der Waals surface area contributed by atoms with Gasteiger partial charge < -0.3 is 14.3 Å². The molecule has 1 unspecified atom stereocenters. The molecule has 3 nitrogen and oxygen atoms in total. The molecule has 0 saturated heterocycles. The maximum absolute atomic E-state index is 9.53. The fourth-order valence-corrected chi connectivity index (χ4v) is 9.14. The maximum Gasteiger partial charge on any atom is 0.261 e. The molecule has 0 saturated carbocycles. The largest absolute Gasteiger partial charge is 0.488 e. The zero-order valence-corrected chi connectivity index (χ0v) is 21.7. The SMILES string of the molecule is CCc1cccc(CCO[Si](c2ccccc2)(c2ccccc2)C(C)(C)C)c1OC(C)CO. The van der Waals surface area contributed by atoms with Crippen LogP contribution in [0.4, 0.5) is 0 Å². The van der Waals surface area contributed by atoms with Crippen LogP contribution in [0.15, 0.2) is 78.9 Å². The van der Waals surface area contributed by atoms with Gasteiger partial charge in [-0.05, 0) is 46.3 Å². The summed E-state index contributed by atoms with van der Waals surface area (Å²) >= 11 is 0. The van der Waals surface area contributed by atoms with E-state index in [9.17, 15) is 5.11 Å². The first-order valence-electron chi connectivity index (χ1n) is 12.0. The highest BCUT2D eigenvalue weighted by Crippen LogP contribution is 2.37. The minimum atomic E-state index is -2.56. The van der Waals surface area contributed by atoms with Crippen LogP contribution in [-0.4, -0.2) is 32.7 Å². The second kappa shape index (κ2) is 11.1. The molecule has 0 radical (unpaired) electrons. The molecular formula is C29H38O3Si. The second-order valence-corrected chi connectivity index (χ2v) is 13.9. The summed E-state index contributed by atoms with van der Waals surface area (Å²) in [6.45, 7) is 11.5. The van der Waals surface area contributed by atoms with Crippen molar-refractivity contribution in [1.82, 2.24) is 0 Å². The van der Waals surface area contributed by atoms with E-state index in [1.54, 1.807) is 0 Å². The van der Waals surface area contributed by atoms with Crippen molar-refractivity contribution in [1.29, 1.82) is 0 Å². The number of aryl methyl sites for hydroxylation is 1. The molecule has 4 heteroatoms. The first-order valence-corrected chi connectivity index (χ1v) is 13.9. The van der Waals surface area contributed by atoms with Crippen molar-refractivity contribution < 1.29 is 14.3 Å². The lowest BCUT2D eigenvalue weighted by molar-refractivity contribution is 0.127. The van der Waals surface area contributed by atoms with E-state index in [1.807, 2.05) is 6.92 Å². The molecule has 33 heavy (non-hydrogen) atoms. The molecule has 0 aliphatic heterocycles. The lowest BCUT2D eigenvalue weighted by atomic mass is 10.0. The van der Waals surface area contributed by atoms with Crippen LogP contribution in [0.2, 0.25) is 5.04 Å². The van der Waals surface area contributed by atoms with E-state index in [2.05, 4.69) is 107 Å². The molecule has 0 aliphatic rings. The van der Waals surface area contributed by atoms with Crippen LogP contribution >= 0.6 is 0 Å². The van der Waals surface area contributed by atoms with Gasteiger partial charge >= 0.3 is 0 Å². The predicted octanol–water partition coefficient (Wildman–Crippen LogP) is 5.13. The molecule has 0 aromatic heterocycles. The van der Waals surface area contributed by atoms with E-state index in [4.69, 9.17) is 9.16 Å². The summed E-state index contributed by atoms with van der Waals surface area (Å²) in [6.07, 6.45) is 1.40. The fraction of sp³-hybridized carbons (Fsp3) is 0.379.